The molecular weight excluding hydrogens is 320 g/mol. The molecule has 3 amide bonds. The van der Waals surface area contributed by atoms with Crippen molar-refractivity contribution >= 4 is 34.2 Å². The van der Waals surface area contributed by atoms with E-state index in [9.17, 15) is 14.4 Å². The summed E-state index contributed by atoms with van der Waals surface area (Å²) in [5.41, 5.74) is 6.75. The Bertz CT molecular complexity index is 876. The molecular formula is C18H20N4O3. The Kier molecular flexibility index (Phi) is 4.52. The first kappa shape index (κ1) is 17.1. The molecule has 0 aromatic heterocycles. The maximum absolute atomic E-state index is 12.9. The van der Waals surface area contributed by atoms with Crippen molar-refractivity contribution in [1.29, 1.82) is 0 Å². The molecule has 7 heteroatoms. The lowest BCUT2D eigenvalue weighted by atomic mass is 9.93. The molecule has 1 aliphatic heterocycles. The van der Waals surface area contributed by atoms with Gasteiger partial charge in [0.25, 0.3) is 11.8 Å². The van der Waals surface area contributed by atoms with Crippen molar-refractivity contribution in [1.82, 2.24) is 9.80 Å². The molecule has 0 saturated carbocycles. The van der Waals surface area contributed by atoms with Crippen molar-refractivity contribution in [3.05, 3.63) is 41.5 Å². The minimum atomic E-state index is -0.348. The number of imide groups is 1. The van der Waals surface area contributed by atoms with Gasteiger partial charge in [-0.2, -0.15) is 0 Å². The zero-order chi connectivity index (χ0) is 18.1. The summed E-state index contributed by atoms with van der Waals surface area (Å²) in [6.07, 6.45) is 0. The number of nitrogens with zero attached hydrogens (tertiary/aromatic N) is 2. The number of nitrogens with one attached hydrogen (secondary N) is 1. The van der Waals surface area contributed by atoms with Gasteiger partial charge in [-0.3, -0.25) is 19.3 Å². The first-order chi connectivity index (χ1) is 11.9. The summed E-state index contributed by atoms with van der Waals surface area (Å²) in [7, 11) is 3.77. The lowest BCUT2D eigenvalue weighted by Crippen LogP contribution is -2.43. The summed E-state index contributed by atoms with van der Waals surface area (Å²) in [5, 5.41) is 4.03. The second-order valence-corrected chi connectivity index (χ2v) is 6.25. The van der Waals surface area contributed by atoms with E-state index in [1.807, 2.05) is 25.1 Å². The fourth-order valence-corrected chi connectivity index (χ4v) is 2.95. The van der Waals surface area contributed by atoms with Crippen LogP contribution in [-0.2, 0) is 4.79 Å². The first-order valence-electron chi connectivity index (χ1n) is 8.00. The second-order valence-electron chi connectivity index (χ2n) is 6.25. The van der Waals surface area contributed by atoms with Gasteiger partial charge in [-0.15, -0.1) is 0 Å². The number of anilines is 1. The van der Waals surface area contributed by atoms with Crippen LogP contribution in [-0.4, -0.2) is 61.3 Å². The van der Waals surface area contributed by atoms with Gasteiger partial charge in [-0.1, -0.05) is 12.1 Å². The van der Waals surface area contributed by atoms with Crippen LogP contribution >= 0.6 is 0 Å². The molecule has 1 heterocycles. The Morgan fingerprint density at radius 3 is 2.56 bits per heavy atom. The minimum Gasteiger partial charge on any atom is -0.325 e. The maximum atomic E-state index is 12.9. The molecule has 2 aromatic rings. The number of amides is 3. The zero-order valence-electron chi connectivity index (χ0n) is 14.2. The second kappa shape index (κ2) is 6.62. The average molecular weight is 340 g/mol. The molecule has 3 rings (SSSR count). The molecule has 0 unspecified atom stereocenters. The lowest BCUT2D eigenvalue weighted by Gasteiger charge is -2.28. The van der Waals surface area contributed by atoms with Crippen molar-refractivity contribution in [2.45, 2.75) is 0 Å². The molecule has 3 N–H and O–H groups in total. The Hall–Kier alpha value is -2.77. The van der Waals surface area contributed by atoms with E-state index in [0.29, 0.717) is 35.3 Å². The van der Waals surface area contributed by atoms with Gasteiger partial charge in [-0.25, -0.2) is 0 Å². The van der Waals surface area contributed by atoms with Crippen LogP contribution in [0.1, 0.15) is 20.7 Å². The van der Waals surface area contributed by atoms with Gasteiger partial charge in [0.1, 0.15) is 0 Å². The minimum absolute atomic E-state index is 0.144. The van der Waals surface area contributed by atoms with Crippen LogP contribution in [0.4, 0.5) is 5.69 Å². The van der Waals surface area contributed by atoms with E-state index in [0.717, 1.165) is 5.39 Å². The van der Waals surface area contributed by atoms with E-state index < -0.39 is 0 Å². The first-order valence-corrected chi connectivity index (χ1v) is 8.00. The SMILES string of the molecule is CN(C)CCN1C(=O)c2cccc3cc(NC(=O)CN)cc(c23)C1=O. The van der Waals surface area contributed by atoms with E-state index in [-0.39, 0.29) is 24.3 Å². The predicted molar refractivity (Wildman–Crippen MR) is 95.6 cm³/mol. The van der Waals surface area contributed by atoms with Crippen molar-refractivity contribution in [3.8, 4) is 0 Å². The summed E-state index contributed by atoms with van der Waals surface area (Å²) in [5.74, 6) is -0.977. The summed E-state index contributed by atoms with van der Waals surface area (Å²) in [6.45, 7) is 0.737. The third-order valence-corrected chi connectivity index (χ3v) is 4.17. The Balaban J connectivity index is 2.10. The highest BCUT2D eigenvalue weighted by Gasteiger charge is 2.32. The zero-order valence-corrected chi connectivity index (χ0v) is 14.2. The Morgan fingerprint density at radius 2 is 1.88 bits per heavy atom. The van der Waals surface area contributed by atoms with Gasteiger partial charge < -0.3 is 16.0 Å². The van der Waals surface area contributed by atoms with E-state index in [4.69, 9.17) is 5.73 Å². The molecule has 0 aliphatic carbocycles. The summed E-state index contributed by atoms with van der Waals surface area (Å²) in [6, 6.07) is 8.66. The number of rotatable bonds is 5. The monoisotopic (exact) mass is 340 g/mol. The largest absolute Gasteiger partial charge is 0.325 e. The van der Waals surface area contributed by atoms with Crippen molar-refractivity contribution in [3.63, 3.8) is 0 Å². The van der Waals surface area contributed by atoms with E-state index in [1.165, 1.54) is 4.90 Å². The Labute approximate surface area is 145 Å². The van der Waals surface area contributed by atoms with Crippen LogP contribution in [0.15, 0.2) is 30.3 Å². The lowest BCUT2D eigenvalue weighted by molar-refractivity contribution is -0.114. The number of nitrogens with two attached hydrogens (primary N) is 1. The number of carbonyl (C=O) groups is 3. The molecule has 130 valence electrons. The molecule has 7 nitrogen and oxygen atoms in total. The van der Waals surface area contributed by atoms with Gasteiger partial charge in [-0.05, 0) is 37.7 Å². The predicted octanol–water partition coefficient (Wildman–Crippen LogP) is 0.895. The molecule has 0 saturated heterocycles. The average Bonchev–Trinajstić information content (AvgIpc) is 2.58. The quantitative estimate of drug-likeness (QED) is 0.788. The van der Waals surface area contributed by atoms with Crippen LogP contribution in [0.25, 0.3) is 10.8 Å². The fourth-order valence-electron chi connectivity index (χ4n) is 2.95. The highest BCUT2D eigenvalue weighted by Crippen LogP contribution is 2.32. The van der Waals surface area contributed by atoms with Crippen LogP contribution in [0.3, 0.4) is 0 Å². The van der Waals surface area contributed by atoms with Crippen LogP contribution in [0.2, 0.25) is 0 Å². The van der Waals surface area contributed by atoms with Crippen LogP contribution in [0.5, 0.6) is 0 Å². The maximum Gasteiger partial charge on any atom is 0.261 e. The summed E-state index contributed by atoms with van der Waals surface area (Å²) < 4.78 is 0. The standard InChI is InChI=1S/C18H20N4O3/c1-21(2)6-7-22-17(24)13-5-3-4-11-8-12(20-15(23)10-19)9-14(16(11)13)18(22)25/h3-5,8-9H,6-7,10,19H2,1-2H3,(H,20,23). The van der Waals surface area contributed by atoms with Gasteiger partial charge in [0.15, 0.2) is 0 Å². The molecule has 2 aromatic carbocycles. The molecule has 25 heavy (non-hydrogen) atoms. The molecule has 0 spiro atoms. The van der Waals surface area contributed by atoms with E-state index >= 15 is 0 Å². The topological polar surface area (TPSA) is 95.7 Å². The summed E-state index contributed by atoms with van der Waals surface area (Å²) in [4.78, 5) is 40.4. The van der Waals surface area contributed by atoms with Gasteiger partial charge in [0.05, 0.1) is 12.1 Å². The number of hydrogen-bond donors (Lipinski definition) is 2. The smallest absolute Gasteiger partial charge is 0.261 e. The molecule has 0 fully saturated rings. The van der Waals surface area contributed by atoms with Crippen LogP contribution in [0, 0.1) is 0 Å². The van der Waals surface area contributed by atoms with Gasteiger partial charge in [0, 0.05) is 29.7 Å². The number of carbonyl (C=O) groups excluding carboxylic acids is 3. The number of likely N-dealkylation sites (N-methyl/N-ethyl adjacent to an activating group) is 1. The van der Waals surface area contributed by atoms with Crippen molar-refractivity contribution < 1.29 is 14.4 Å². The van der Waals surface area contributed by atoms with E-state index in [2.05, 4.69) is 5.32 Å². The normalized spacial score (nSPS) is 13.7. The third-order valence-electron chi connectivity index (χ3n) is 4.17. The highest BCUT2D eigenvalue weighted by molar-refractivity contribution is 6.26. The molecule has 1 aliphatic rings. The third kappa shape index (κ3) is 3.11. The van der Waals surface area contributed by atoms with Crippen LogP contribution < -0.4 is 11.1 Å². The fraction of sp³-hybridized carbons (Fsp3) is 0.278. The van der Waals surface area contributed by atoms with Crippen molar-refractivity contribution in [2.24, 2.45) is 5.73 Å². The van der Waals surface area contributed by atoms with Gasteiger partial charge in [0.2, 0.25) is 5.91 Å². The molecule has 0 radical (unpaired) electrons. The number of hydrogen-bond acceptors (Lipinski definition) is 5. The van der Waals surface area contributed by atoms with E-state index in [1.54, 1.807) is 24.3 Å². The van der Waals surface area contributed by atoms with Gasteiger partial charge >= 0.3 is 0 Å². The Morgan fingerprint density at radius 1 is 1.16 bits per heavy atom. The van der Waals surface area contributed by atoms with Crippen molar-refractivity contribution in [2.75, 3.05) is 39.0 Å². The molecule has 0 bridgehead atoms. The summed E-state index contributed by atoms with van der Waals surface area (Å²) >= 11 is 0. The highest BCUT2D eigenvalue weighted by atomic mass is 16.2. The number of benzene rings is 2. The molecule has 0 atom stereocenters.